The van der Waals surface area contributed by atoms with E-state index in [-0.39, 0.29) is 17.2 Å². The van der Waals surface area contributed by atoms with Crippen molar-refractivity contribution in [2.45, 2.75) is 39.0 Å². The molecule has 0 saturated carbocycles. The fourth-order valence-electron chi connectivity index (χ4n) is 4.25. The van der Waals surface area contributed by atoms with E-state index in [0.29, 0.717) is 43.9 Å². The number of aromatic nitrogens is 3. The second-order valence-corrected chi connectivity index (χ2v) is 8.08. The van der Waals surface area contributed by atoms with E-state index >= 15 is 0 Å². The Labute approximate surface area is 159 Å². The third-order valence-electron chi connectivity index (χ3n) is 5.74. The molecule has 1 atom stereocenters. The van der Waals surface area contributed by atoms with Crippen molar-refractivity contribution in [1.82, 2.24) is 20.1 Å². The monoisotopic (exact) mass is 370 g/mol. The predicted molar refractivity (Wildman–Crippen MR) is 98.8 cm³/mol. The highest BCUT2D eigenvalue weighted by Gasteiger charge is 2.51. The Morgan fingerprint density at radius 1 is 1.26 bits per heavy atom. The van der Waals surface area contributed by atoms with Gasteiger partial charge in [0.2, 0.25) is 17.7 Å². The van der Waals surface area contributed by atoms with Gasteiger partial charge in [-0.15, -0.1) is 10.2 Å². The highest BCUT2D eigenvalue weighted by Crippen LogP contribution is 2.49. The van der Waals surface area contributed by atoms with Crippen LogP contribution in [0.1, 0.15) is 44.9 Å². The van der Waals surface area contributed by atoms with E-state index in [1.165, 1.54) is 0 Å². The van der Waals surface area contributed by atoms with E-state index < -0.39 is 0 Å². The van der Waals surface area contributed by atoms with Gasteiger partial charge in [-0.3, -0.25) is 9.78 Å². The molecule has 2 aliphatic rings. The molecule has 0 bridgehead atoms. The van der Waals surface area contributed by atoms with Crippen LogP contribution in [0.15, 0.2) is 28.9 Å². The zero-order valence-corrected chi connectivity index (χ0v) is 15.9. The van der Waals surface area contributed by atoms with Crippen molar-refractivity contribution >= 4 is 5.91 Å². The number of carbonyl (C=O) groups is 1. The van der Waals surface area contributed by atoms with Crippen LogP contribution in [0, 0.1) is 11.3 Å². The maximum absolute atomic E-state index is 12.7. The Morgan fingerprint density at radius 2 is 2.00 bits per heavy atom. The van der Waals surface area contributed by atoms with Gasteiger partial charge >= 0.3 is 0 Å². The molecule has 2 aliphatic heterocycles. The van der Waals surface area contributed by atoms with Gasteiger partial charge in [-0.1, -0.05) is 13.8 Å². The van der Waals surface area contributed by atoms with Gasteiger partial charge in [-0.25, -0.2) is 0 Å². The number of nitrogens with zero attached hydrogens (tertiary/aromatic N) is 4. The van der Waals surface area contributed by atoms with Crippen LogP contribution < -0.4 is 0 Å². The van der Waals surface area contributed by atoms with Crippen molar-refractivity contribution < 1.29 is 13.9 Å². The molecular formula is C20H26N4O3. The molecule has 0 aliphatic carbocycles. The summed E-state index contributed by atoms with van der Waals surface area (Å²) in [6.07, 6.45) is 5.82. The van der Waals surface area contributed by atoms with Gasteiger partial charge < -0.3 is 14.1 Å². The van der Waals surface area contributed by atoms with Crippen LogP contribution in [0.2, 0.25) is 0 Å². The van der Waals surface area contributed by atoms with Gasteiger partial charge in [0.15, 0.2) is 0 Å². The average molecular weight is 370 g/mol. The van der Waals surface area contributed by atoms with Crippen molar-refractivity contribution in [2.24, 2.45) is 11.3 Å². The lowest BCUT2D eigenvalue weighted by molar-refractivity contribution is -0.131. The second kappa shape index (κ2) is 7.38. The summed E-state index contributed by atoms with van der Waals surface area (Å²) in [5, 5.41) is 8.61. The summed E-state index contributed by atoms with van der Waals surface area (Å²) in [5.74, 6) is 1.75. The number of ether oxygens (including phenoxy) is 1. The molecule has 2 aromatic heterocycles. The molecule has 2 aromatic rings. The molecule has 1 amide bonds. The Morgan fingerprint density at radius 3 is 2.70 bits per heavy atom. The van der Waals surface area contributed by atoms with Gasteiger partial charge in [-0.05, 0) is 30.9 Å². The van der Waals surface area contributed by atoms with Gasteiger partial charge in [0.25, 0.3) is 0 Å². The molecule has 4 rings (SSSR count). The van der Waals surface area contributed by atoms with E-state index in [0.717, 1.165) is 24.9 Å². The van der Waals surface area contributed by atoms with E-state index in [9.17, 15) is 4.79 Å². The standard InChI is InChI=1S/C20H26N4O3/c1-14(2)11-17(25)24-12-16(20(13-24)5-9-26-10-6-20)19-23-22-18(27-19)15-3-7-21-8-4-15/h3-4,7-8,14,16H,5-6,9-13H2,1-2H3. The van der Waals surface area contributed by atoms with Gasteiger partial charge in [0.1, 0.15) is 0 Å². The van der Waals surface area contributed by atoms with E-state index in [1.54, 1.807) is 12.4 Å². The SMILES string of the molecule is CC(C)CC(=O)N1CC(c2nnc(-c3ccncc3)o2)C2(CCOCC2)C1. The number of carbonyl (C=O) groups excluding carboxylic acids is 1. The Kier molecular flexibility index (Phi) is 4.95. The van der Waals surface area contributed by atoms with Crippen molar-refractivity contribution in [1.29, 1.82) is 0 Å². The molecule has 4 heterocycles. The lowest BCUT2D eigenvalue weighted by Crippen LogP contribution is -2.37. The maximum atomic E-state index is 12.7. The van der Waals surface area contributed by atoms with Crippen LogP contribution >= 0.6 is 0 Å². The Balaban J connectivity index is 1.61. The molecule has 2 fully saturated rings. The quantitative estimate of drug-likeness (QED) is 0.823. The maximum Gasteiger partial charge on any atom is 0.247 e. The van der Waals surface area contributed by atoms with E-state index in [2.05, 4.69) is 29.0 Å². The van der Waals surface area contributed by atoms with Crippen LogP contribution in [0.5, 0.6) is 0 Å². The molecule has 7 nitrogen and oxygen atoms in total. The lowest BCUT2D eigenvalue weighted by atomic mass is 9.72. The molecule has 2 saturated heterocycles. The smallest absolute Gasteiger partial charge is 0.247 e. The molecule has 0 radical (unpaired) electrons. The highest BCUT2D eigenvalue weighted by atomic mass is 16.5. The molecular weight excluding hydrogens is 344 g/mol. The van der Waals surface area contributed by atoms with E-state index in [1.807, 2.05) is 17.0 Å². The first kappa shape index (κ1) is 18.1. The van der Waals surface area contributed by atoms with Gasteiger partial charge in [0, 0.05) is 56.1 Å². The zero-order valence-electron chi connectivity index (χ0n) is 15.9. The number of hydrogen-bond acceptors (Lipinski definition) is 6. The summed E-state index contributed by atoms with van der Waals surface area (Å²) in [6.45, 7) is 6.98. The third-order valence-corrected chi connectivity index (χ3v) is 5.74. The van der Waals surface area contributed by atoms with Crippen LogP contribution in [-0.2, 0) is 9.53 Å². The molecule has 7 heteroatoms. The zero-order chi connectivity index (χ0) is 18.9. The summed E-state index contributed by atoms with van der Waals surface area (Å²) >= 11 is 0. The minimum Gasteiger partial charge on any atom is -0.420 e. The Bertz CT molecular complexity index is 784. The molecule has 144 valence electrons. The first-order valence-electron chi connectivity index (χ1n) is 9.67. The molecule has 0 aromatic carbocycles. The number of pyridine rings is 1. The van der Waals surface area contributed by atoms with Crippen molar-refractivity contribution in [3.63, 3.8) is 0 Å². The topological polar surface area (TPSA) is 81.4 Å². The van der Waals surface area contributed by atoms with Crippen LogP contribution in [-0.4, -0.2) is 52.3 Å². The lowest BCUT2D eigenvalue weighted by Gasteiger charge is -2.36. The minimum atomic E-state index is -0.0348. The molecule has 1 unspecified atom stereocenters. The number of hydrogen-bond donors (Lipinski definition) is 0. The van der Waals surface area contributed by atoms with Crippen LogP contribution in [0.3, 0.4) is 0 Å². The largest absolute Gasteiger partial charge is 0.420 e. The minimum absolute atomic E-state index is 0.0348. The first-order valence-corrected chi connectivity index (χ1v) is 9.67. The number of amides is 1. The Hall–Kier alpha value is -2.28. The fraction of sp³-hybridized carbons (Fsp3) is 0.600. The van der Waals surface area contributed by atoms with E-state index in [4.69, 9.17) is 9.15 Å². The molecule has 27 heavy (non-hydrogen) atoms. The molecule has 0 N–H and O–H groups in total. The van der Waals surface area contributed by atoms with Crippen LogP contribution in [0.4, 0.5) is 0 Å². The summed E-state index contributed by atoms with van der Waals surface area (Å²) in [6, 6.07) is 3.71. The summed E-state index contributed by atoms with van der Waals surface area (Å²) in [7, 11) is 0. The van der Waals surface area contributed by atoms with Gasteiger partial charge in [0.05, 0.1) is 5.92 Å². The first-order chi connectivity index (χ1) is 13.1. The fourth-order valence-corrected chi connectivity index (χ4v) is 4.25. The molecule has 1 spiro atoms. The summed E-state index contributed by atoms with van der Waals surface area (Å²) < 4.78 is 11.7. The number of likely N-dealkylation sites (tertiary alicyclic amines) is 1. The van der Waals surface area contributed by atoms with Crippen molar-refractivity contribution in [3.8, 4) is 11.5 Å². The summed E-state index contributed by atoms with van der Waals surface area (Å²) in [5.41, 5.74) is 0.822. The van der Waals surface area contributed by atoms with Crippen LogP contribution in [0.25, 0.3) is 11.5 Å². The average Bonchev–Trinajstić information content (AvgIpc) is 3.28. The normalized spacial score (nSPS) is 21.9. The second-order valence-electron chi connectivity index (χ2n) is 8.08. The van der Waals surface area contributed by atoms with Crippen molar-refractivity contribution in [3.05, 3.63) is 30.4 Å². The third kappa shape index (κ3) is 3.60. The van der Waals surface area contributed by atoms with Gasteiger partial charge in [-0.2, -0.15) is 0 Å². The number of rotatable bonds is 4. The highest BCUT2D eigenvalue weighted by molar-refractivity contribution is 5.77. The predicted octanol–water partition coefficient (Wildman–Crippen LogP) is 2.90. The van der Waals surface area contributed by atoms with Crippen molar-refractivity contribution in [2.75, 3.05) is 26.3 Å². The summed E-state index contributed by atoms with van der Waals surface area (Å²) in [4.78, 5) is 18.7.